The predicted octanol–water partition coefficient (Wildman–Crippen LogP) is 3.87. The zero-order valence-corrected chi connectivity index (χ0v) is 11.1. The summed E-state index contributed by atoms with van der Waals surface area (Å²) in [5.74, 6) is 0.710. The van der Waals surface area contributed by atoms with Crippen LogP contribution < -0.4 is 0 Å². The maximum atomic E-state index is 4.25. The standard InChI is InChI=1S/C15H26N/c1-12(2)16(11-14(16)4)15-10-8-6-5-7-9-13(15)3/h7,9,13-15H,1,5-6,8,10-11H2,2-4H3/q+1. The van der Waals surface area contributed by atoms with Gasteiger partial charge < -0.3 is 0 Å². The quantitative estimate of drug-likeness (QED) is 0.376. The van der Waals surface area contributed by atoms with Gasteiger partial charge in [0.05, 0.1) is 11.7 Å². The van der Waals surface area contributed by atoms with Gasteiger partial charge in [0, 0.05) is 19.3 Å². The van der Waals surface area contributed by atoms with Crippen LogP contribution in [0.1, 0.15) is 46.5 Å². The monoisotopic (exact) mass is 220 g/mol. The van der Waals surface area contributed by atoms with Crippen molar-refractivity contribution in [2.75, 3.05) is 6.54 Å². The number of hydrogen-bond donors (Lipinski definition) is 0. The van der Waals surface area contributed by atoms with Crippen LogP contribution in [0.15, 0.2) is 24.4 Å². The van der Waals surface area contributed by atoms with Crippen LogP contribution >= 0.6 is 0 Å². The second-order valence-corrected chi connectivity index (χ2v) is 5.84. The molecule has 0 spiro atoms. The van der Waals surface area contributed by atoms with Crippen LogP contribution in [0.3, 0.4) is 0 Å². The molecule has 0 amide bonds. The average molecular weight is 220 g/mol. The smallest absolute Gasteiger partial charge is 0.141 e. The molecule has 4 unspecified atom stereocenters. The molecule has 0 saturated carbocycles. The van der Waals surface area contributed by atoms with E-state index in [0.29, 0.717) is 5.92 Å². The molecular formula is C15H26N+. The van der Waals surface area contributed by atoms with Gasteiger partial charge in [0.25, 0.3) is 0 Å². The Morgan fingerprint density at radius 1 is 1.31 bits per heavy atom. The van der Waals surface area contributed by atoms with E-state index in [1.165, 1.54) is 42.4 Å². The number of quaternary nitrogens is 1. The van der Waals surface area contributed by atoms with Gasteiger partial charge >= 0.3 is 0 Å². The van der Waals surface area contributed by atoms with Crippen LogP contribution in [0.4, 0.5) is 0 Å². The summed E-state index contributed by atoms with van der Waals surface area (Å²) in [6.45, 7) is 12.6. The average Bonchev–Trinajstić information content (AvgIpc) is 2.86. The van der Waals surface area contributed by atoms with Crippen molar-refractivity contribution in [1.82, 2.24) is 0 Å². The molecule has 1 fully saturated rings. The number of allylic oxidation sites excluding steroid dienone is 2. The van der Waals surface area contributed by atoms with Crippen molar-refractivity contribution in [3.05, 3.63) is 24.4 Å². The van der Waals surface area contributed by atoms with E-state index >= 15 is 0 Å². The fraction of sp³-hybridized carbons (Fsp3) is 0.733. The highest BCUT2D eigenvalue weighted by molar-refractivity contribution is 4.99. The Kier molecular flexibility index (Phi) is 3.25. The fourth-order valence-corrected chi connectivity index (χ4v) is 3.64. The third-order valence-electron chi connectivity index (χ3n) is 4.69. The van der Waals surface area contributed by atoms with Gasteiger partial charge in [0.2, 0.25) is 0 Å². The highest BCUT2D eigenvalue weighted by atomic mass is 15.5. The van der Waals surface area contributed by atoms with Gasteiger partial charge in [-0.3, -0.25) is 4.48 Å². The highest BCUT2D eigenvalue weighted by Gasteiger charge is 2.58. The van der Waals surface area contributed by atoms with Gasteiger partial charge in [-0.05, 0) is 32.8 Å². The summed E-state index contributed by atoms with van der Waals surface area (Å²) in [5.41, 5.74) is 1.37. The summed E-state index contributed by atoms with van der Waals surface area (Å²) in [6, 6.07) is 1.59. The molecule has 1 aliphatic carbocycles. The van der Waals surface area contributed by atoms with Gasteiger partial charge in [0.15, 0.2) is 0 Å². The number of hydrogen-bond acceptors (Lipinski definition) is 0. The molecule has 1 heterocycles. The lowest BCUT2D eigenvalue weighted by atomic mass is 9.91. The molecule has 1 heteroatoms. The third kappa shape index (κ3) is 1.86. The molecule has 0 aromatic carbocycles. The van der Waals surface area contributed by atoms with E-state index in [-0.39, 0.29) is 0 Å². The topological polar surface area (TPSA) is 0 Å². The summed E-state index contributed by atoms with van der Waals surface area (Å²) in [7, 11) is 0. The Balaban J connectivity index is 2.20. The second-order valence-electron chi connectivity index (χ2n) is 5.84. The number of rotatable bonds is 2. The molecule has 0 N–H and O–H groups in total. The Labute approximate surface area is 100 Å². The van der Waals surface area contributed by atoms with Crippen LogP contribution in [0.2, 0.25) is 0 Å². The number of nitrogens with zero attached hydrogens (tertiary/aromatic N) is 1. The van der Waals surface area contributed by atoms with Crippen LogP contribution in [0, 0.1) is 5.92 Å². The lowest BCUT2D eigenvalue weighted by Gasteiger charge is -2.34. The first kappa shape index (κ1) is 11.9. The third-order valence-corrected chi connectivity index (χ3v) is 4.69. The minimum Gasteiger partial charge on any atom is -0.281 e. The summed E-state index contributed by atoms with van der Waals surface area (Å²) < 4.78 is 1.20. The predicted molar refractivity (Wildman–Crippen MR) is 70.0 cm³/mol. The molecule has 4 atom stereocenters. The molecule has 90 valence electrons. The van der Waals surface area contributed by atoms with E-state index in [1.54, 1.807) is 0 Å². The van der Waals surface area contributed by atoms with Crippen molar-refractivity contribution >= 4 is 0 Å². The molecule has 1 saturated heterocycles. The van der Waals surface area contributed by atoms with E-state index in [0.717, 1.165) is 12.1 Å². The van der Waals surface area contributed by atoms with Crippen molar-refractivity contribution in [3.8, 4) is 0 Å². The summed E-state index contributed by atoms with van der Waals surface area (Å²) >= 11 is 0. The van der Waals surface area contributed by atoms with Crippen LogP contribution in [-0.2, 0) is 0 Å². The SMILES string of the molecule is C=C(C)[N+]1(C2CCCCC=CC2C)CC1C. The Morgan fingerprint density at radius 3 is 2.56 bits per heavy atom. The Bertz CT molecular complexity index is 305. The molecule has 2 aliphatic rings. The van der Waals surface area contributed by atoms with E-state index in [9.17, 15) is 0 Å². The highest BCUT2D eigenvalue weighted by Crippen LogP contribution is 2.44. The van der Waals surface area contributed by atoms with Crippen molar-refractivity contribution in [3.63, 3.8) is 0 Å². The Morgan fingerprint density at radius 2 is 2.00 bits per heavy atom. The molecule has 1 aliphatic heterocycles. The van der Waals surface area contributed by atoms with E-state index < -0.39 is 0 Å². The lowest BCUT2D eigenvalue weighted by Crippen LogP contribution is -2.42. The maximum Gasteiger partial charge on any atom is 0.141 e. The largest absolute Gasteiger partial charge is 0.281 e. The normalized spacial score (nSPS) is 43.6. The summed E-state index contributed by atoms with van der Waals surface area (Å²) in [6.07, 6.45) is 10.2. The van der Waals surface area contributed by atoms with Crippen molar-refractivity contribution in [2.24, 2.45) is 5.92 Å². The van der Waals surface area contributed by atoms with Crippen molar-refractivity contribution < 1.29 is 4.48 Å². The van der Waals surface area contributed by atoms with Crippen LogP contribution in [-0.4, -0.2) is 23.1 Å². The molecule has 0 aromatic heterocycles. The van der Waals surface area contributed by atoms with E-state index in [2.05, 4.69) is 39.5 Å². The van der Waals surface area contributed by atoms with Gasteiger partial charge in [-0.15, -0.1) is 0 Å². The zero-order chi connectivity index (χ0) is 11.8. The van der Waals surface area contributed by atoms with Crippen LogP contribution in [0.25, 0.3) is 0 Å². The first-order valence-corrected chi connectivity index (χ1v) is 6.79. The summed E-state index contributed by atoms with van der Waals surface area (Å²) in [4.78, 5) is 0. The molecule has 0 aromatic rings. The van der Waals surface area contributed by atoms with Crippen LogP contribution in [0.5, 0.6) is 0 Å². The van der Waals surface area contributed by atoms with E-state index in [4.69, 9.17) is 0 Å². The molecule has 0 radical (unpaired) electrons. The molecule has 2 rings (SSSR count). The lowest BCUT2D eigenvalue weighted by molar-refractivity contribution is -0.805. The first-order chi connectivity index (χ1) is 7.59. The minimum atomic E-state index is 0.710. The maximum absolute atomic E-state index is 4.25. The molecule has 1 nitrogen and oxygen atoms in total. The molecule has 0 bridgehead atoms. The van der Waals surface area contributed by atoms with Gasteiger partial charge in [-0.2, -0.15) is 0 Å². The Hall–Kier alpha value is -0.560. The van der Waals surface area contributed by atoms with Gasteiger partial charge in [0.1, 0.15) is 12.6 Å². The summed E-state index contributed by atoms with van der Waals surface area (Å²) in [5, 5.41) is 0. The minimum absolute atomic E-state index is 0.710. The van der Waals surface area contributed by atoms with Gasteiger partial charge in [-0.25, -0.2) is 0 Å². The molecule has 16 heavy (non-hydrogen) atoms. The second kappa shape index (κ2) is 4.37. The zero-order valence-electron chi connectivity index (χ0n) is 11.1. The van der Waals surface area contributed by atoms with Crippen molar-refractivity contribution in [2.45, 2.75) is 58.5 Å². The fourth-order valence-electron chi connectivity index (χ4n) is 3.64. The molecular weight excluding hydrogens is 194 g/mol. The van der Waals surface area contributed by atoms with Crippen molar-refractivity contribution in [1.29, 1.82) is 0 Å². The van der Waals surface area contributed by atoms with E-state index in [1.807, 2.05) is 0 Å². The first-order valence-electron chi connectivity index (χ1n) is 6.79. The van der Waals surface area contributed by atoms with Gasteiger partial charge in [-0.1, -0.05) is 19.1 Å².